The molecule has 1 amide bonds. The summed E-state index contributed by atoms with van der Waals surface area (Å²) < 4.78 is 5.28. The molecule has 1 aliphatic heterocycles. The average Bonchev–Trinajstić information content (AvgIpc) is 2.48. The van der Waals surface area contributed by atoms with Crippen molar-refractivity contribution in [3.8, 4) is 0 Å². The van der Waals surface area contributed by atoms with E-state index in [9.17, 15) is 14.9 Å². The molecule has 1 saturated heterocycles. The molecule has 2 rings (SSSR count). The molecular weight excluding hydrogens is 296 g/mol. The van der Waals surface area contributed by atoms with Crippen molar-refractivity contribution in [2.75, 3.05) is 19.1 Å². The van der Waals surface area contributed by atoms with Gasteiger partial charge in [0.25, 0.3) is 11.6 Å². The Kier molecular flexibility index (Phi) is 4.80. The zero-order valence-corrected chi connectivity index (χ0v) is 12.5. The first kappa shape index (κ1) is 15.7. The number of halogens is 1. The van der Waals surface area contributed by atoms with Crippen LogP contribution in [0.15, 0.2) is 18.2 Å². The monoisotopic (exact) mass is 312 g/mol. The summed E-state index contributed by atoms with van der Waals surface area (Å²) in [7, 11) is 0. The second-order valence-corrected chi connectivity index (χ2v) is 5.51. The van der Waals surface area contributed by atoms with Crippen molar-refractivity contribution in [3.63, 3.8) is 0 Å². The van der Waals surface area contributed by atoms with Gasteiger partial charge in [-0.05, 0) is 25.8 Å². The molecule has 1 heterocycles. The van der Waals surface area contributed by atoms with Crippen LogP contribution in [0.3, 0.4) is 0 Å². The number of nitrogens with zero attached hydrogens (tertiary/aromatic N) is 1. The van der Waals surface area contributed by atoms with Crippen molar-refractivity contribution < 1.29 is 14.5 Å². The Balaban J connectivity index is 2.20. The van der Waals surface area contributed by atoms with E-state index in [1.807, 2.05) is 0 Å². The lowest BCUT2D eigenvalue weighted by molar-refractivity contribution is -0.385. The number of rotatable bonds is 4. The molecule has 0 unspecified atom stereocenters. The fourth-order valence-corrected chi connectivity index (χ4v) is 2.65. The minimum atomic E-state index is -0.503. The maximum atomic E-state index is 12.3. The summed E-state index contributed by atoms with van der Waals surface area (Å²) in [6.45, 7) is 2.72. The van der Waals surface area contributed by atoms with Crippen LogP contribution in [0.5, 0.6) is 0 Å². The van der Waals surface area contributed by atoms with Crippen LogP contribution in [0.2, 0.25) is 0 Å². The van der Waals surface area contributed by atoms with Crippen LogP contribution in [-0.4, -0.2) is 35.5 Å². The molecule has 7 heteroatoms. The van der Waals surface area contributed by atoms with Crippen molar-refractivity contribution in [1.82, 2.24) is 5.32 Å². The molecule has 1 aromatic carbocycles. The lowest BCUT2D eigenvalue weighted by atomic mass is 9.91. The van der Waals surface area contributed by atoms with Gasteiger partial charge in [0.05, 0.1) is 10.5 Å². The van der Waals surface area contributed by atoms with E-state index in [1.165, 1.54) is 6.07 Å². The molecule has 1 aliphatic rings. The number of amides is 1. The van der Waals surface area contributed by atoms with Gasteiger partial charge in [-0.1, -0.05) is 6.07 Å². The summed E-state index contributed by atoms with van der Waals surface area (Å²) >= 11 is 6.00. The highest BCUT2D eigenvalue weighted by molar-refractivity contribution is 6.19. The minimum absolute atomic E-state index is 0.0606. The SMILES string of the molecule is Cc1ccc(C(=O)NC2(CCl)CCOCC2)cc1[N+](=O)[O-]. The maximum Gasteiger partial charge on any atom is 0.273 e. The van der Waals surface area contributed by atoms with Gasteiger partial charge in [0, 0.05) is 36.3 Å². The lowest BCUT2D eigenvalue weighted by Gasteiger charge is -2.36. The Morgan fingerprint density at radius 1 is 1.48 bits per heavy atom. The smallest absolute Gasteiger partial charge is 0.273 e. The molecule has 0 spiro atoms. The summed E-state index contributed by atoms with van der Waals surface area (Å²) in [5, 5.41) is 13.9. The standard InChI is InChI=1S/C14H17ClN2O4/c1-10-2-3-11(8-12(10)17(19)20)13(18)16-14(9-15)4-6-21-7-5-14/h2-3,8H,4-7,9H2,1H3,(H,16,18). The molecule has 0 aromatic heterocycles. The molecule has 6 nitrogen and oxygen atoms in total. The zero-order valence-electron chi connectivity index (χ0n) is 11.7. The summed E-state index contributed by atoms with van der Waals surface area (Å²) in [5.74, 6) is -0.0589. The quantitative estimate of drug-likeness (QED) is 0.526. The minimum Gasteiger partial charge on any atom is -0.381 e. The first-order valence-corrected chi connectivity index (χ1v) is 7.22. The Morgan fingerprint density at radius 2 is 2.14 bits per heavy atom. The Morgan fingerprint density at radius 3 is 2.71 bits per heavy atom. The van der Waals surface area contributed by atoms with Crippen LogP contribution in [0, 0.1) is 17.0 Å². The zero-order chi connectivity index (χ0) is 15.5. The number of benzene rings is 1. The largest absolute Gasteiger partial charge is 0.381 e. The van der Waals surface area contributed by atoms with Crippen LogP contribution in [0.1, 0.15) is 28.8 Å². The number of nitro benzene ring substituents is 1. The van der Waals surface area contributed by atoms with Gasteiger partial charge in [0.15, 0.2) is 0 Å². The van der Waals surface area contributed by atoms with Gasteiger partial charge in [0.1, 0.15) is 0 Å². The van der Waals surface area contributed by atoms with E-state index in [4.69, 9.17) is 16.3 Å². The molecule has 1 N–H and O–H groups in total. The fourth-order valence-electron chi connectivity index (χ4n) is 2.31. The molecule has 21 heavy (non-hydrogen) atoms. The van der Waals surface area contributed by atoms with E-state index in [-0.39, 0.29) is 23.0 Å². The molecule has 0 radical (unpaired) electrons. The van der Waals surface area contributed by atoms with Gasteiger partial charge in [-0.2, -0.15) is 0 Å². The second-order valence-electron chi connectivity index (χ2n) is 5.24. The maximum absolute atomic E-state index is 12.3. The highest BCUT2D eigenvalue weighted by atomic mass is 35.5. The predicted molar refractivity (Wildman–Crippen MR) is 78.8 cm³/mol. The first-order valence-electron chi connectivity index (χ1n) is 6.69. The fraction of sp³-hybridized carbons (Fsp3) is 0.500. The molecule has 0 atom stereocenters. The van der Waals surface area contributed by atoms with Crippen LogP contribution < -0.4 is 5.32 Å². The van der Waals surface area contributed by atoms with E-state index in [0.29, 0.717) is 31.6 Å². The van der Waals surface area contributed by atoms with Gasteiger partial charge in [-0.3, -0.25) is 14.9 Å². The third-order valence-corrected chi connectivity index (χ3v) is 4.26. The molecular formula is C14H17ClN2O4. The summed E-state index contributed by atoms with van der Waals surface area (Å²) in [6, 6.07) is 4.45. The van der Waals surface area contributed by atoms with Crippen LogP contribution >= 0.6 is 11.6 Å². The molecule has 0 aliphatic carbocycles. The van der Waals surface area contributed by atoms with E-state index < -0.39 is 10.5 Å². The predicted octanol–water partition coefficient (Wildman–Crippen LogP) is 2.42. The number of hydrogen-bond acceptors (Lipinski definition) is 4. The van der Waals surface area contributed by atoms with Crippen LogP contribution in [-0.2, 0) is 4.74 Å². The number of carbonyl (C=O) groups excluding carboxylic acids is 1. The van der Waals surface area contributed by atoms with Crippen LogP contribution in [0.4, 0.5) is 5.69 Å². The molecule has 1 fully saturated rings. The third kappa shape index (κ3) is 3.51. The van der Waals surface area contributed by atoms with E-state index in [0.717, 1.165) is 0 Å². The Bertz CT molecular complexity index is 556. The average molecular weight is 313 g/mol. The highest BCUT2D eigenvalue weighted by Crippen LogP contribution is 2.24. The number of alkyl halides is 1. The van der Waals surface area contributed by atoms with Crippen molar-refractivity contribution >= 4 is 23.2 Å². The molecule has 114 valence electrons. The van der Waals surface area contributed by atoms with E-state index in [1.54, 1.807) is 19.1 Å². The highest BCUT2D eigenvalue weighted by Gasteiger charge is 2.33. The molecule has 0 bridgehead atoms. The number of nitro groups is 1. The van der Waals surface area contributed by atoms with Crippen molar-refractivity contribution in [2.45, 2.75) is 25.3 Å². The molecule has 0 saturated carbocycles. The van der Waals surface area contributed by atoms with E-state index >= 15 is 0 Å². The van der Waals surface area contributed by atoms with Crippen LogP contribution in [0.25, 0.3) is 0 Å². The summed E-state index contributed by atoms with van der Waals surface area (Å²) in [4.78, 5) is 22.8. The summed E-state index contributed by atoms with van der Waals surface area (Å²) in [5.41, 5.74) is 0.226. The van der Waals surface area contributed by atoms with Gasteiger partial charge in [-0.25, -0.2) is 0 Å². The van der Waals surface area contributed by atoms with Gasteiger partial charge >= 0.3 is 0 Å². The van der Waals surface area contributed by atoms with E-state index in [2.05, 4.69) is 5.32 Å². The van der Waals surface area contributed by atoms with Crippen molar-refractivity contribution in [3.05, 3.63) is 39.4 Å². The van der Waals surface area contributed by atoms with Gasteiger partial charge in [-0.15, -0.1) is 11.6 Å². The number of nitrogens with one attached hydrogen (secondary N) is 1. The topological polar surface area (TPSA) is 81.5 Å². The van der Waals surface area contributed by atoms with Gasteiger partial charge in [0.2, 0.25) is 0 Å². The normalized spacial score (nSPS) is 17.2. The number of aryl methyl sites for hydroxylation is 1. The lowest BCUT2D eigenvalue weighted by Crippen LogP contribution is -2.53. The van der Waals surface area contributed by atoms with Crippen molar-refractivity contribution in [1.29, 1.82) is 0 Å². The Hall–Kier alpha value is -1.66. The number of ether oxygens (including phenoxy) is 1. The number of hydrogen-bond donors (Lipinski definition) is 1. The summed E-state index contributed by atoms with van der Waals surface area (Å²) in [6.07, 6.45) is 1.27. The first-order chi connectivity index (χ1) is 9.97. The Labute approximate surface area is 127 Å². The number of carbonyl (C=O) groups is 1. The third-order valence-electron chi connectivity index (χ3n) is 3.75. The second kappa shape index (κ2) is 6.41. The van der Waals surface area contributed by atoms with Gasteiger partial charge < -0.3 is 10.1 Å². The molecule has 1 aromatic rings. The van der Waals surface area contributed by atoms with Crippen molar-refractivity contribution in [2.24, 2.45) is 0 Å².